The highest BCUT2D eigenvalue weighted by Crippen LogP contribution is 2.14. The van der Waals surface area contributed by atoms with Crippen molar-refractivity contribution in [3.63, 3.8) is 0 Å². The summed E-state index contributed by atoms with van der Waals surface area (Å²) in [5.74, 6) is 1.18. The molecule has 1 saturated heterocycles. The Kier molecular flexibility index (Phi) is 3.78. The molecule has 94 valence electrons. The number of nitrogens with one attached hydrogen (secondary N) is 1. The first-order valence-corrected chi connectivity index (χ1v) is 6.15. The van der Waals surface area contributed by atoms with E-state index in [2.05, 4.69) is 15.4 Å². The second-order valence-corrected chi connectivity index (χ2v) is 4.58. The number of aromatic nitrogens is 1. The number of anilines is 1. The number of hydrogen-bond acceptors (Lipinski definition) is 4. The summed E-state index contributed by atoms with van der Waals surface area (Å²) >= 11 is 0. The van der Waals surface area contributed by atoms with Crippen LogP contribution in [0.25, 0.3) is 0 Å². The van der Waals surface area contributed by atoms with Crippen LogP contribution in [0.15, 0.2) is 10.6 Å². The zero-order valence-electron chi connectivity index (χ0n) is 10.4. The summed E-state index contributed by atoms with van der Waals surface area (Å²) in [5.41, 5.74) is 0. The summed E-state index contributed by atoms with van der Waals surface area (Å²) < 4.78 is 4.91. The predicted octanol–water partition coefficient (Wildman–Crippen LogP) is 1.80. The van der Waals surface area contributed by atoms with E-state index in [-0.39, 0.29) is 11.9 Å². The summed E-state index contributed by atoms with van der Waals surface area (Å²) in [6, 6.07) is 1.62. The fourth-order valence-electron chi connectivity index (χ4n) is 2.13. The third kappa shape index (κ3) is 3.06. The molecule has 0 radical (unpaired) electrons. The average Bonchev–Trinajstić information content (AvgIpc) is 2.75. The van der Waals surface area contributed by atoms with Gasteiger partial charge in [-0.3, -0.25) is 9.69 Å². The highest BCUT2D eigenvalue weighted by Gasteiger charge is 2.23. The Hall–Kier alpha value is -1.36. The average molecular weight is 237 g/mol. The van der Waals surface area contributed by atoms with E-state index in [4.69, 9.17) is 4.52 Å². The van der Waals surface area contributed by atoms with E-state index in [1.165, 1.54) is 19.3 Å². The van der Waals surface area contributed by atoms with Crippen LogP contribution in [0.3, 0.4) is 0 Å². The topological polar surface area (TPSA) is 58.4 Å². The van der Waals surface area contributed by atoms with Gasteiger partial charge in [0.2, 0.25) is 5.91 Å². The molecule has 1 amide bonds. The van der Waals surface area contributed by atoms with E-state index >= 15 is 0 Å². The second kappa shape index (κ2) is 5.31. The minimum Gasteiger partial charge on any atom is -0.360 e. The molecule has 5 heteroatoms. The van der Waals surface area contributed by atoms with Gasteiger partial charge in [0.05, 0.1) is 6.04 Å². The SMILES string of the molecule is Cc1cc(NC(=O)C(C)N2CCCCC2)no1. The van der Waals surface area contributed by atoms with Gasteiger partial charge >= 0.3 is 0 Å². The van der Waals surface area contributed by atoms with Gasteiger partial charge in [0.1, 0.15) is 5.76 Å². The molecule has 1 atom stereocenters. The van der Waals surface area contributed by atoms with Crippen LogP contribution in [0, 0.1) is 6.92 Å². The molecule has 5 nitrogen and oxygen atoms in total. The summed E-state index contributed by atoms with van der Waals surface area (Å²) in [6.45, 7) is 5.75. The van der Waals surface area contributed by atoms with Gasteiger partial charge in [0, 0.05) is 6.07 Å². The number of hydrogen-bond donors (Lipinski definition) is 1. The molecule has 0 spiro atoms. The summed E-state index contributed by atoms with van der Waals surface area (Å²) in [6.07, 6.45) is 3.63. The van der Waals surface area contributed by atoms with Crippen molar-refractivity contribution in [2.75, 3.05) is 18.4 Å². The van der Waals surface area contributed by atoms with Crippen molar-refractivity contribution >= 4 is 11.7 Å². The van der Waals surface area contributed by atoms with Crippen molar-refractivity contribution in [2.24, 2.45) is 0 Å². The largest absolute Gasteiger partial charge is 0.360 e. The van der Waals surface area contributed by atoms with E-state index in [0.29, 0.717) is 11.6 Å². The summed E-state index contributed by atoms with van der Waals surface area (Å²) in [4.78, 5) is 14.2. The molecule has 0 aliphatic carbocycles. The zero-order valence-corrected chi connectivity index (χ0v) is 10.4. The van der Waals surface area contributed by atoms with Crippen LogP contribution >= 0.6 is 0 Å². The van der Waals surface area contributed by atoms with Crippen LogP contribution in [0.1, 0.15) is 31.9 Å². The molecular formula is C12H19N3O2. The van der Waals surface area contributed by atoms with Gasteiger partial charge < -0.3 is 9.84 Å². The Morgan fingerprint density at radius 3 is 2.76 bits per heavy atom. The maximum absolute atomic E-state index is 12.0. The Bertz CT molecular complexity index is 383. The number of carbonyl (C=O) groups is 1. The van der Waals surface area contributed by atoms with Gasteiger partial charge in [-0.15, -0.1) is 0 Å². The van der Waals surface area contributed by atoms with Crippen molar-refractivity contribution in [1.29, 1.82) is 0 Å². The van der Waals surface area contributed by atoms with Gasteiger partial charge in [-0.1, -0.05) is 11.6 Å². The Labute approximate surface area is 101 Å². The molecule has 1 fully saturated rings. The number of likely N-dealkylation sites (tertiary alicyclic amines) is 1. The van der Waals surface area contributed by atoms with Crippen molar-refractivity contribution in [3.05, 3.63) is 11.8 Å². The molecule has 17 heavy (non-hydrogen) atoms. The lowest BCUT2D eigenvalue weighted by atomic mass is 10.1. The number of rotatable bonds is 3. The van der Waals surface area contributed by atoms with Crippen LogP contribution in [0.2, 0.25) is 0 Å². The standard InChI is InChI=1S/C12H19N3O2/c1-9-8-11(14-17-9)13-12(16)10(2)15-6-4-3-5-7-15/h8,10H,3-7H2,1-2H3,(H,13,14,16). The van der Waals surface area contributed by atoms with Crippen LogP contribution in [0.4, 0.5) is 5.82 Å². The van der Waals surface area contributed by atoms with E-state index in [9.17, 15) is 4.79 Å². The Morgan fingerprint density at radius 2 is 2.18 bits per heavy atom. The number of piperidine rings is 1. The molecule has 1 aliphatic heterocycles. The maximum atomic E-state index is 12.0. The molecule has 1 N–H and O–H groups in total. The molecule has 1 aromatic heterocycles. The Morgan fingerprint density at radius 1 is 1.47 bits per heavy atom. The number of amides is 1. The minimum atomic E-state index is -0.104. The smallest absolute Gasteiger partial charge is 0.242 e. The van der Waals surface area contributed by atoms with E-state index in [1.54, 1.807) is 13.0 Å². The molecule has 2 heterocycles. The quantitative estimate of drug-likeness (QED) is 0.870. The fraction of sp³-hybridized carbons (Fsp3) is 0.667. The number of aryl methyl sites for hydroxylation is 1. The van der Waals surface area contributed by atoms with Gasteiger partial charge in [0.15, 0.2) is 5.82 Å². The number of nitrogens with zero attached hydrogens (tertiary/aromatic N) is 2. The first-order valence-electron chi connectivity index (χ1n) is 6.15. The monoisotopic (exact) mass is 237 g/mol. The second-order valence-electron chi connectivity index (χ2n) is 4.58. The van der Waals surface area contributed by atoms with Crippen molar-refractivity contribution in [3.8, 4) is 0 Å². The molecule has 1 aliphatic rings. The summed E-state index contributed by atoms with van der Waals surface area (Å²) in [5, 5.41) is 6.53. The van der Waals surface area contributed by atoms with E-state index in [1.807, 2.05) is 6.92 Å². The van der Waals surface area contributed by atoms with Crippen molar-refractivity contribution < 1.29 is 9.32 Å². The van der Waals surface area contributed by atoms with Gasteiger partial charge in [-0.2, -0.15) is 0 Å². The highest BCUT2D eigenvalue weighted by molar-refractivity contribution is 5.93. The molecular weight excluding hydrogens is 218 g/mol. The van der Waals surface area contributed by atoms with Crippen molar-refractivity contribution in [1.82, 2.24) is 10.1 Å². The first kappa shape index (κ1) is 12.1. The molecule has 0 bridgehead atoms. The summed E-state index contributed by atoms with van der Waals surface area (Å²) in [7, 11) is 0. The maximum Gasteiger partial charge on any atom is 0.242 e. The third-order valence-electron chi connectivity index (χ3n) is 3.20. The van der Waals surface area contributed by atoms with Crippen LogP contribution in [0.5, 0.6) is 0 Å². The van der Waals surface area contributed by atoms with Crippen molar-refractivity contribution in [2.45, 2.75) is 39.2 Å². The number of carbonyl (C=O) groups excluding carboxylic acids is 1. The fourth-order valence-corrected chi connectivity index (χ4v) is 2.13. The zero-order chi connectivity index (χ0) is 12.3. The van der Waals surface area contributed by atoms with Crippen LogP contribution in [-0.2, 0) is 4.79 Å². The van der Waals surface area contributed by atoms with Crippen LogP contribution in [-0.4, -0.2) is 35.1 Å². The lowest BCUT2D eigenvalue weighted by Gasteiger charge is -2.31. The highest BCUT2D eigenvalue weighted by atomic mass is 16.5. The lowest BCUT2D eigenvalue weighted by Crippen LogP contribution is -2.44. The normalized spacial score (nSPS) is 18.9. The molecule has 0 saturated carbocycles. The molecule has 0 aromatic carbocycles. The third-order valence-corrected chi connectivity index (χ3v) is 3.20. The predicted molar refractivity (Wildman–Crippen MR) is 64.8 cm³/mol. The van der Waals surface area contributed by atoms with E-state index < -0.39 is 0 Å². The first-order chi connectivity index (χ1) is 8.16. The van der Waals surface area contributed by atoms with E-state index in [0.717, 1.165) is 13.1 Å². The van der Waals surface area contributed by atoms with Crippen LogP contribution < -0.4 is 5.32 Å². The van der Waals surface area contributed by atoms with Gasteiger partial charge in [-0.25, -0.2) is 0 Å². The van der Waals surface area contributed by atoms with Gasteiger partial charge in [0.25, 0.3) is 0 Å². The lowest BCUT2D eigenvalue weighted by molar-refractivity contribution is -0.121. The molecule has 1 unspecified atom stereocenters. The molecule has 2 rings (SSSR count). The van der Waals surface area contributed by atoms with Gasteiger partial charge in [-0.05, 0) is 39.8 Å². The Balaban J connectivity index is 1.90. The molecule has 1 aromatic rings. The minimum absolute atomic E-state index is 0.0137.